The van der Waals surface area contributed by atoms with Crippen LogP contribution in [0.5, 0.6) is 0 Å². The fraction of sp³-hybridized carbons (Fsp3) is 0.0909. The number of hydrogen-bond acceptors (Lipinski definition) is 6. The van der Waals surface area contributed by atoms with E-state index >= 15 is 0 Å². The summed E-state index contributed by atoms with van der Waals surface area (Å²) in [5, 5.41) is 15.4. The van der Waals surface area contributed by atoms with E-state index in [9.17, 15) is 0 Å². The van der Waals surface area contributed by atoms with Gasteiger partial charge in [-0.3, -0.25) is 0 Å². The summed E-state index contributed by atoms with van der Waals surface area (Å²) in [5.74, 6) is 0.688. The number of para-hydroxylation sites is 6. The lowest BCUT2D eigenvalue weighted by Crippen LogP contribution is -2.04. The lowest BCUT2D eigenvalue weighted by molar-refractivity contribution is 0.442. The number of rotatable bonds is 9. The molecular formula is C132H102O3S3. The normalized spacial score (nSPS) is 12.1. The molecule has 0 aliphatic heterocycles. The maximum absolute atomic E-state index is 6.46. The molecule has 0 atom stereocenters. The molecule has 138 heavy (non-hydrogen) atoms. The van der Waals surface area contributed by atoms with Gasteiger partial charge in [-0.15, -0.1) is 34.0 Å². The highest BCUT2D eigenvalue weighted by molar-refractivity contribution is 7.27. The molecule has 6 heterocycles. The zero-order chi connectivity index (χ0) is 93.1. The largest absolute Gasteiger partial charge is 0.455 e. The van der Waals surface area contributed by atoms with Crippen molar-refractivity contribution in [2.45, 2.75) is 79.6 Å². The van der Waals surface area contributed by atoms with Gasteiger partial charge in [0, 0.05) is 115 Å². The van der Waals surface area contributed by atoms with Gasteiger partial charge in [0.1, 0.15) is 33.5 Å². The second-order valence-electron chi connectivity index (χ2n) is 36.5. The molecular weight excluding hydrogens is 1730 g/mol. The van der Waals surface area contributed by atoms with Gasteiger partial charge in [0.05, 0.1) is 0 Å². The van der Waals surface area contributed by atoms with Crippen molar-refractivity contribution < 1.29 is 13.3 Å². The summed E-state index contributed by atoms with van der Waals surface area (Å²) in [6, 6.07) is 158. The molecule has 0 bridgehead atoms. The predicted molar refractivity (Wildman–Crippen MR) is 597 cm³/mol. The Labute approximate surface area is 817 Å². The van der Waals surface area contributed by atoms with Crippen molar-refractivity contribution in [1.29, 1.82) is 0 Å². The summed E-state index contributed by atoms with van der Waals surface area (Å²) < 4.78 is 27.4. The molecule has 26 aromatic rings. The quantitative estimate of drug-likeness (QED) is 0.145. The minimum Gasteiger partial charge on any atom is -0.455 e. The van der Waals surface area contributed by atoms with Crippen LogP contribution in [-0.2, 0) is 0 Å². The molecule has 1 aliphatic rings. The van der Waals surface area contributed by atoms with E-state index in [1.807, 2.05) is 46.1 Å². The van der Waals surface area contributed by atoms with Gasteiger partial charge >= 0.3 is 0 Å². The van der Waals surface area contributed by atoms with E-state index < -0.39 is 0 Å². The molecule has 1 saturated carbocycles. The molecule has 0 N–H and O–H groups in total. The SMILES string of the molecule is Cc1ccc(-c2cccc3c2oc2c(-c4ccccc4)cccc23)cc1.Cc1ccc(-c2cccc3c2sc2c(-c4ccccc4)cccc23)cc1.Cc1cccc(-c2cccc3c2oc2c(-c4ccccc4)cccc23)c1.Cc1cccc(-c2cccc3sc4ccccc4c23)c1.Cc1cccc2c1oc1c(C3CCCCC3)cccc12.Cc1ccccc1-c1cccc2sc3ccccc3c12. The van der Waals surface area contributed by atoms with Gasteiger partial charge in [-0.05, 0) is 168 Å². The van der Waals surface area contributed by atoms with Crippen LogP contribution >= 0.6 is 34.0 Å². The van der Waals surface area contributed by atoms with Crippen LogP contribution in [0, 0.1) is 41.5 Å². The van der Waals surface area contributed by atoms with E-state index in [0.717, 1.165) is 77.3 Å². The fourth-order valence-electron chi connectivity index (χ4n) is 20.4. The van der Waals surface area contributed by atoms with Crippen molar-refractivity contribution in [3.05, 3.63) is 482 Å². The van der Waals surface area contributed by atoms with Crippen molar-refractivity contribution >= 4 is 160 Å². The standard InChI is InChI=1S/2C25H18O.C25H18S.C19H20O.2C19H14S/c1-17-8-5-11-19(16-17)21-13-7-15-23-22-14-6-12-20(24(22)26-25(21)23)18-9-3-2-4-10-18;2*1-17-13-15-19(16-14-17)21-10-6-12-23-22-11-5-9-20(24(22)26-25(21)23)18-7-3-2-4-8-18;1-13-7-5-11-16-17-12-6-10-15(19(17)20-18(13)16)14-8-3-2-4-9-14;1-13-6-4-7-14(12-13)15-9-5-11-18-19(15)16-8-2-3-10-17(16)20-18;1-13-7-2-3-8-14(13)15-10-6-12-18-19(15)16-9-4-5-11-17(16)20-18/h3*2-16H,1H3;5-7,10-12,14H,2-4,8-9H2,1H3;2*2-12H,1H3. The summed E-state index contributed by atoms with van der Waals surface area (Å²) in [4.78, 5) is 0. The lowest BCUT2D eigenvalue weighted by Gasteiger charge is -2.21. The third-order valence-corrected chi connectivity index (χ3v) is 30.8. The Hall–Kier alpha value is -15.5. The highest BCUT2D eigenvalue weighted by atomic mass is 32.1. The van der Waals surface area contributed by atoms with Crippen molar-refractivity contribution in [2.24, 2.45) is 0 Å². The van der Waals surface area contributed by atoms with E-state index in [0.29, 0.717) is 5.92 Å². The van der Waals surface area contributed by atoms with E-state index in [-0.39, 0.29) is 0 Å². The topological polar surface area (TPSA) is 39.4 Å². The van der Waals surface area contributed by atoms with Gasteiger partial charge in [-0.2, -0.15) is 0 Å². The van der Waals surface area contributed by atoms with Gasteiger partial charge < -0.3 is 13.3 Å². The summed E-state index contributed by atoms with van der Waals surface area (Å²) >= 11 is 5.66. The smallest absolute Gasteiger partial charge is 0.143 e. The Kier molecular flexibility index (Phi) is 24.8. The Balaban J connectivity index is 0.0000000960. The van der Waals surface area contributed by atoms with Crippen LogP contribution in [0.15, 0.2) is 456 Å². The van der Waals surface area contributed by atoms with Crippen molar-refractivity contribution in [3.8, 4) is 89.0 Å². The average molecular weight is 1830 g/mol. The van der Waals surface area contributed by atoms with Crippen LogP contribution in [0.1, 0.15) is 77.0 Å². The second kappa shape index (κ2) is 39.0. The van der Waals surface area contributed by atoms with Crippen LogP contribution in [0.3, 0.4) is 0 Å². The third-order valence-electron chi connectivity index (χ3n) is 27.2. The molecule has 0 unspecified atom stereocenters. The molecule has 666 valence electrons. The molecule has 6 aromatic heterocycles. The highest BCUT2D eigenvalue weighted by Crippen LogP contribution is 2.49. The number of hydrogen-bond donors (Lipinski definition) is 0. The summed E-state index contributed by atoms with van der Waals surface area (Å²) in [5.41, 5.74) is 34.9. The van der Waals surface area contributed by atoms with Crippen LogP contribution in [0.4, 0.5) is 0 Å². The molecule has 0 saturated heterocycles. The van der Waals surface area contributed by atoms with Crippen molar-refractivity contribution in [1.82, 2.24) is 0 Å². The van der Waals surface area contributed by atoms with Crippen LogP contribution < -0.4 is 0 Å². The number of aryl methyl sites for hydroxylation is 6. The van der Waals surface area contributed by atoms with Gasteiger partial charge in [0.15, 0.2) is 0 Å². The van der Waals surface area contributed by atoms with Crippen LogP contribution in [0.25, 0.3) is 215 Å². The number of fused-ring (bicyclic) bond motifs is 18. The molecule has 0 amide bonds. The maximum atomic E-state index is 6.46. The number of furan rings is 3. The first kappa shape index (κ1) is 87.8. The highest BCUT2D eigenvalue weighted by Gasteiger charge is 2.24. The zero-order valence-electron chi connectivity index (χ0n) is 78.2. The minimum absolute atomic E-state index is 0.688. The number of benzene rings is 20. The predicted octanol–water partition coefficient (Wildman–Crippen LogP) is 40.2. The minimum atomic E-state index is 0.688. The van der Waals surface area contributed by atoms with Gasteiger partial charge in [0.2, 0.25) is 0 Å². The van der Waals surface area contributed by atoms with Gasteiger partial charge in [-0.25, -0.2) is 0 Å². The van der Waals surface area contributed by atoms with E-state index in [2.05, 4.69) is 472 Å². The summed E-state index contributed by atoms with van der Waals surface area (Å²) in [6.45, 7) is 12.8. The molecule has 20 aromatic carbocycles. The van der Waals surface area contributed by atoms with Crippen molar-refractivity contribution in [2.75, 3.05) is 0 Å². The number of thiophene rings is 3. The Morgan fingerprint density at radius 2 is 0.493 bits per heavy atom. The Bertz CT molecular complexity index is 8720. The first-order valence-corrected chi connectivity index (χ1v) is 50.4. The van der Waals surface area contributed by atoms with Crippen LogP contribution in [-0.4, -0.2) is 0 Å². The molecule has 1 aliphatic carbocycles. The monoisotopic (exact) mass is 1830 g/mol. The summed E-state index contributed by atoms with van der Waals surface area (Å²) in [6.07, 6.45) is 6.75. The Morgan fingerprint density at radius 1 is 0.188 bits per heavy atom. The van der Waals surface area contributed by atoms with E-state index in [1.165, 1.54) is 209 Å². The molecule has 3 nitrogen and oxygen atoms in total. The first-order valence-electron chi connectivity index (χ1n) is 48.0. The van der Waals surface area contributed by atoms with Crippen LogP contribution in [0.2, 0.25) is 0 Å². The van der Waals surface area contributed by atoms with E-state index in [1.54, 1.807) is 0 Å². The van der Waals surface area contributed by atoms with Crippen molar-refractivity contribution in [3.63, 3.8) is 0 Å². The third kappa shape index (κ3) is 17.5. The molecule has 0 spiro atoms. The van der Waals surface area contributed by atoms with Gasteiger partial charge in [-0.1, -0.05) is 460 Å². The lowest BCUT2D eigenvalue weighted by atomic mass is 9.83. The summed E-state index contributed by atoms with van der Waals surface area (Å²) in [7, 11) is 0. The first-order chi connectivity index (χ1) is 67.9. The molecule has 27 rings (SSSR count). The second-order valence-corrected chi connectivity index (χ2v) is 39.6. The van der Waals surface area contributed by atoms with Gasteiger partial charge in [0.25, 0.3) is 0 Å². The molecule has 0 radical (unpaired) electrons. The maximum Gasteiger partial charge on any atom is 0.143 e. The molecule has 1 fully saturated rings. The molecule has 6 heteroatoms. The Morgan fingerprint density at radius 3 is 0.971 bits per heavy atom. The average Bonchev–Trinajstić information content (AvgIpc) is 1.66. The fourth-order valence-corrected chi connectivity index (χ4v) is 24.0. The zero-order valence-corrected chi connectivity index (χ0v) is 80.7. The van der Waals surface area contributed by atoms with E-state index in [4.69, 9.17) is 13.3 Å².